The molecule has 0 spiro atoms. The zero-order valence-corrected chi connectivity index (χ0v) is 17.1. The van der Waals surface area contributed by atoms with Crippen LogP contribution in [0, 0.1) is 12.8 Å². The summed E-state index contributed by atoms with van der Waals surface area (Å²) < 4.78 is 1.83. The number of benzene rings is 1. The summed E-state index contributed by atoms with van der Waals surface area (Å²) in [5.74, 6) is 0.0607. The van der Waals surface area contributed by atoms with E-state index in [4.69, 9.17) is 0 Å². The Morgan fingerprint density at radius 3 is 2.72 bits per heavy atom. The van der Waals surface area contributed by atoms with E-state index >= 15 is 0 Å². The van der Waals surface area contributed by atoms with Gasteiger partial charge in [-0.15, -0.1) is 0 Å². The lowest BCUT2D eigenvalue weighted by Crippen LogP contribution is -2.45. The lowest BCUT2D eigenvalue weighted by atomic mass is 9.91. The number of carbonyl (C=O) groups excluding carboxylic acids is 2. The number of hydrogen-bond acceptors (Lipinski definition) is 3. The van der Waals surface area contributed by atoms with Gasteiger partial charge in [-0.05, 0) is 56.7 Å². The number of nitrogens with zero attached hydrogens (tertiary/aromatic N) is 3. The van der Waals surface area contributed by atoms with E-state index < -0.39 is 0 Å². The van der Waals surface area contributed by atoms with Crippen molar-refractivity contribution in [3.05, 3.63) is 47.3 Å². The standard InChI is InChI=1S/C22H29N5O2/c1-15-5-3-6-17(13-15)23-22(29)27-11-9-16(10-12-27)21(28)24-19-7-4-8-20-18(19)14-26(2)25-20/h3,5-6,13-14,16,19H,4,7-12H2,1-2H3,(H,23,29)(H,24,28). The normalized spacial score (nSPS) is 19.5. The predicted octanol–water partition coefficient (Wildman–Crippen LogP) is 3.17. The SMILES string of the molecule is Cc1cccc(NC(=O)N2CCC(C(=O)NC3CCCc4nn(C)cc43)CC2)c1. The monoisotopic (exact) mass is 395 g/mol. The Bertz CT molecular complexity index is 898. The molecule has 0 radical (unpaired) electrons. The molecule has 0 bridgehead atoms. The maximum absolute atomic E-state index is 12.8. The summed E-state index contributed by atoms with van der Waals surface area (Å²) in [6, 6.07) is 7.74. The van der Waals surface area contributed by atoms with Crippen molar-refractivity contribution in [1.82, 2.24) is 20.0 Å². The van der Waals surface area contributed by atoms with Crippen LogP contribution in [-0.2, 0) is 18.3 Å². The third-order valence-electron chi connectivity index (χ3n) is 5.96. The van der Waals surface area contributed by atoms with Crippen molar-refractivity contribution in [2.24, 2.45) is 13.0 Å². The van der Waals surface area contributed by atoms with Gasteiger partial charge in [-0.25, -0.2) is 4.79 Å². The first-order valence-corrected chi connectivity index (χ1v) is 10.4. The maximum atomic E-state index is 12.8. The molecule has 2 N–H and O–H groups in total. The highest BCUT2D eigenvalue weighted by atomic mass is 16.2. The molecule has 3 amide bonds. The van der Waals surface area contributed by atoms with Gasteiger partial charge in [-0.3, -0.25) is 9.48 Å². The second kappa shape index (κ2) is 8.27. The average Bonchev–Trinajstić information content (AvgIpc) is 3.09. The summed E-state index contributed by atoms with van der Waals surface area (Å²) in [6.45, 7) is 3.19. The van der Waals surface area contributed by atoms with E-state index in [1.54, 1.807) is 4.90 Å². The molecule has 1 atom stereocenters. The third kappa shape index (κ3) is 4.44. The number of hydrogen-bond donors (Lipinski definition) is 2. The minimum atomic E-state index is -0.0956. The van der Waals surface area contributed by atoms with Gasteiger partial charge >= 0.3 is 6.03 Å². The number of carbonyl (C=O) groups is 2. The molecule has 2 heterocycles. The van der Waals surface area contributed by atoms with Crippen molar-refractivity contribution in [3.8, 4) is 0 Å². The number of rotatable bonds is 3. The number of piperidine rings is 1. The average molecular weight is 396 g/mol. The van der Waals surface area contributed by atoms with Gasteiger partial charge < -0.3 is 15.5 Å². The summed E-state index contributed by atoms with van der Waals surface area (Å²) in [5.41, 5.74) is 4.17. The molecule has 1 fully saturated rings. The number of aryl methyl sites for hydroxylation is 3. The zero-order valence-electron chi connectivity index (χ0n) is 17.1. The summed E-state index contributed by atoms with van der Waals surface area (Å²) >= 11 is 0. The Morgan fingerprint density at radius 2 is 1.97 bits per heavy atom. The van der Waals surface area contributed by atoms with Crippen LogP contribution in [0.2, 0.25) is 0 Å². The maximum Gasteiger partial charge on any atom is 0.321 e. The summed E-state index contributed by atoms with van der Waals surface area (Å²) in [5, 5.41) is 10.7. The molecule has 0 saturated carbocycles. The van der Waals surface area contributed by atoms with Crippen molar-refractivity contribution in [2.45, 2.75) is 45.1 Å². The van der Waals surface area contributed by atoms with Gasteiger partial charge in [0.2, 0.25) is 5.91 Å². The number of anilines is 1. The number of nitrogens with one attached hydrogen (secondary N) is 2. The Balaban J connectivity index is 1.29. The topological polar surface area (TPSA) is 79.3 Å². The van der Waals surface area contributed by atoms with E-state index in [9.17, 15) is 9.59 Å². The minimum absolute atomic E-state index is 0.0416. The number of urea groups is 1. The molecule has 7 heteroatoms. The smallest absolute Gasteiger partial charge is 0.321 e. The first-order valence-electron chi connectivity index (χ1n) is 10.4. The summed E-state index contributed by atoms with van der Waals surface area (Å²) in [4.78, 5) is 27.1. The first-order chi connectivity index (χ1) is 14.0. The molecule has 2 aromatic rings. The van der Waals surface area contributed by atoms with Crippen LogP contribution in [0.3, 0.4) is 0 Å². The van der Waals surface area contributed by atoms with Crippen LogP contribution in [0.1, 0.15) is 48.5 Å². The van der Waals surface area contributed by atoms with E-state index in [0.29, 0.717) is 25.9 Å². The Hall–Kier alpha value is -2.83. The van der Waals surface area contributed by atoms with Crippen LogP contribution in [0.4, 0.5) is 10.5 Å². The molecular formula is C22H29N5O2. The van der Waals surface area contributed by atoms with Crippen molar-refractivity contribution in [3.63, 3.8) is 0 Å². The van der Waals surface area contributed by atoms with Gasteiger partial charge in [0.1, 0.15) is 0 Å². The molecule has 1 aliphatic heterocycles. The molecule has 154 valence electrons. The lowest BCUT2D eigenvalue weighted by Gasteiger charge is -2.32. The lowest BCUT2D eigenvalue weighted by molar-refractivity contribution is -0.127. The molecular weight excluding hydrogens is 366 g/mol. The highest BCUT2D eigenvalue weighted by Crippen LogP contribution is 2.29. The molecule has 7 nitrogen and oxygen atoms in total. The number of fused-ring (bicyclic) bond motifs is 1. The molecule has 1 aliphatic carbocycles. The fraction of sp³-hybridized carbons (Fsp3) is 0.500. The van der Waals surface area contributed by atoms with Crippen LogP contribution < -0.4 is 10.6 Å². The zero-order chi connectivity index (χ0) is 20.4. The Kier molecular flexibility index (Phi) is 5.56. The first kappa shape index (κ1) is 19.5. The van der Waals surface area contributed by atoms with Crippen LogP contribution >= 0.6 is 0 Å². The van der Waals surface area contributed by atoms with Crippen molar-refractivity contribution in [2.75, 3.05) is 18.4 Å². The van der Waals surface area contributed by atoms with Crippen LogP contribution in [0.15, 0.2) is 30.5 Å². The predicted molar refractivity (Wildman–Crippen MR) is 112 cm³/mol. The number of aromatic nitrogens is 2. The van der Waals surface area contributed by atoms with Gasteiger partial charge in [-0.1, -0.05) is 12.1 Å². The van der Waals surface area contributed by atoms with Gasteiger partial charge in [0.15, 0.2) is 0 Å². The molecule has 1 unspecified atom stereocenters. The molecule has 1 saturated heterocycles. The van der Waals surface area contributed by atoms with Gasteiger partial charge in [0.25, 0.3) is 0 Å². The fourth-order valence-electron chi connectivity index (χ4n) is 4.38. The number of likely N-dealkylation sites (tertiary alicyclic amines) is 1. The van der Waals surface area contributed by atoms with Crippen LogP contribution in [-0.4, -0.2) is 39.7 Å². The molecule has 29 heavy (non-hydrogen) atoms. The second-order valence-electron chi connectivity index (χ2n) is 8.22. The van der Waals surface area contributed by atoms with Crippen molar-refractivity contribution in [1.29, 1.82) is 0 Å². The largest absolute Gasteiger partial charge is 0.349 e. The minimum Gasteiger partial charge on any atom is -0.349 e. The summed E-state index contributed by atoms with van der Waals surface area (Å²) in [7, 11) is 1.93. The summed E-state index contributed by atoms with van der Waals surface area (Å²) in [6.07, 6.45) is 6.41. The van der Waals surface area contributed by atoms with E-state index in [0.717, 1.165) is 41.8 Å². The van der Waals surface area contributed by atoms with Crippen LogP contribution in [0.25, 0.3) is 0 Å². The van der Waals surface area contributed by atoms with Gasteiger partial charge in [-0.2, -0.15) is 5.10 Å². The van der Waals surface area contributed by atoms with Gasteiger partial charge in [0.05, 0.1) is 11.7 Å². The van der Waals surface area contributed by atoms with Crippen molar-refractivity contribution >= 4 is 17.6 Å². The second-order valence-corrected chi connectivity index (χ2v) is 8.22. The molecule has 2 aliphatic rings. The Labute approximate surface area is 171 Å². The molecule has 4 rings (SSSR count). The highest BCUT2D eigenvalue weighted by molar-refractivity contribution is 5.89. The van der Waals surface area contributed by atoms with E-state index in [-0.39, 0.29) is 23.9 Å². The van der Waals surface area contributed by atoms with E-state index in [1.165, 1.54) is 0 Å². The van der Waals surface area contributed by atoms with E-state index in [2.05, 4.69) is 15.7 Å². The highest BCUT2D eigenvalue weighted by Gasteiger charge is 2.30. The van der Waals surface area contributed by atoms with Crippen molar-refractivity contribution < 1.29 is 9.59 Å². The molecule has 1 aromatic heterocycles. The third-order valence-corrected chi connectivity index (χ3v) is 5.96. The van der Waals surface area contributed by atoms with Gasteiger partial charge in [0, 0.05) is 43.5 Å². The Morgan fingerprint density at radius 1 is 1.17 bits per heavy atom. The quantitative estimate of drug-likeness (QED) is 0.838. The van der Waals surface area contributed by atoms with E-state index in [1.807, 2.05) is 49.1 Å². The fourth-order valence-corrected chi connectivity index (χ4v) is 4.38. The molecule has 1 aromatic carbocycles. The number of amides is 3. The van der Waals surface area contributed by atoms with Crippen LogP contribution in [0.5, 0.6) is 0 Å².